The summed E-state index contributed by atoms with van der Waals surface area (Å²) in [5.41, 5.74) is 14.7. The molecule has 550 valence electrons. The van der Waals surface area contributed by atoms with Crippen molar-refractivity contribution in [3.8, 4) is 11.3 Å². The Bertz CT molecular complexity index is 4980. The third-order valence-corrected chi connectivity index (χ3v) is 22.9. The topological polar surface area (TPSA) is 197 Å². The van der Waals surface area contributed by atoms with Crippen molar-refractivity contribution in [1.29, 1.82) is 0 Å². The fourth-order valence-electron chi connectivity index (χ4n) is 13.8. The Morgan fingerprint density at radius 2 is 0.943 bits per heavy atom. The third kappa shape index (κ3) is 20.1. The summed E-state index contributed by atoms with van der Waals surface area (Å²) in [6.07, 6.45) is 48.0. The van der Waals surface area contributed by atoms with Crippen LogP contribution in [0.2, 0.25) is 15.7 Å². The number of pyridine rings is 5. The maximum Gasteiger partial charge on any atom is 0.494 e. The maximum absolute atomic E-state index is 14.0. The molecule has 0 amide bonds. The smallest absolute Gasteiger partial charge is 0.423 e. The van der Waals surface area contributed by atoms with Crippen molar-refractivity contribution in [2.24, 2.45) is 0 Å². The average Bonchev–Trinajstić information content (AvgIpc) is 1.61. The molecule has 1 saturated heterocycles. The first-order chi connectivity index (χ1) is 50.6. The first-order valence-corrected chi connectivity index (χ1v) is 40.3. The second kappa shape index (κ2) is 36.9. The Labute approximate surface area is 665 Å². The average molecular weight is 1790 g/mol. The van der Waals surface area contributed by atoms with E-state index in [1.807, 2.05) is 129 Å². The van der Waals surface area contributed by atoms with Crippen LogP contribution in [-0.4, -0.2) is 103 Å². The summed E-state index contributed by atoms with van der Waals surface area (Å²) in [5, 5.41) is 38.6. The quantitative estimate of drug-likeness (QED) is 0.0662. The zero-order chi connectivity index (χ0) is 74.5. The van der Waals surface area contributed by atoms with Gasteiger partial charge < -0.3 is 19.4 Å². The van der Waals surface area contributed by atoms with Gasteiger partial charge in [0, 0.05) is 72.2 Å². The zero-order valence-electron chi connectivity index (χ0n) is 59.3. The molecule has 3 saturated carbocycles. The molecule has 5 aliphatic carbocycles. The first kappa shape index (κ1) is 80.0. The molecular weight excluding hydrogens is 1710 g/mol. The standard InChI is InChI=1S/C18H25BN2O2.C16H14ClFN4.C12H13BrN2.C12H11BrN2.C7H4BrIN2.C5H9BO2.C4HCl2FN2.C2H6/c1-17(2)18(3,4)23-19(22-17)14-9-10-21-16(11-14)15(12-20-21)13-7-5-6-8-13;17-16-19-9-13(18)15(21-16)11-5-6-22-14(7-11)12(8-20-22)10-3-1-2-4-10;2*13-10-5-6-15-12(7-10)11(8-14-15)9-3-1-2-4-9;8-5-1-2-11-7(3-5)6(9)4-10-11;7-6(8)5-3-1-2-4-5;5-3-2(7)1-8-4(6)9-3;1-2/h9-13H,5-8H2,1-4H3;5-10H,1-4H2;5-9H,1-4H2;3,5-8H,1-2,4H2;1-4H;3,7-8H,1-2,4H2;1H;1-2H3. The molecule has 12 aromatic heterocycles. The van der Waals surface area contributed by atoms with Crippen molar-refractivity contribution in [1.82, 2.24) is 68.0 Å². The van der Waals surface area contributed by atoms with Crippen molar-refractivity contribution in [2.75, 3.05) is 0 Å². The summed E-state index contributed by atoms with van der Waals surface area (Å²) in [4.78, 5) is 14.3. The van der Waals surface area contributed by atoms with E-state index in [2.05, 4.69) is 180 Å². The van der Waals surface area contributed by atoms with E-state index in [0.29, 0.717) is 17.4 Å². The van der Waals surface area contributed by atoms with Gasteiger partial charge in [0.15, 0.2) is 16.8 Å². The Kier molecular flexibility index (Phi) is 28.1. The van der Waals surface area contributed by atoms with Gasteiger partial charge in [-0.1, -0.05) is 124 Å². The molecule has 13 heterocycles. The Hall–Kier alpha value is -6.04. The lowest BCUT2D eigenvalue weighted by Gasteiger charge is -2.32. The molecule has 0 atom stereocenters. The van der Waals surface area contributed by atoms with Crippen LogP contribution in [0.1, 0.15) is 197 Å². The molecule has 4 fully saturated rings. The molecule has 29 heteroatoms. The molecule has 12 aromatic rings. The first-order valence-electron chi connectivity index (χ1n) is 35.7. The number of rotatable bonds is 7. The number of allylic oxidation sites excluding steroid dienone is 4. The van der Waals surface area contributed by atoms with E-state index in [4.69, 9.17) is 54.2 Å². The molecule has 0 bridgehead atoms. The van der Waals surface area contributed by atoms with Crippen LogP contribution in [0.4, 0.5) is 8.78 Å². The molecule has 6 aliphatic rings. The van der Waals surface area contributed by atoms with E-state index in [0.717, 1.165) is 73.0 Å². The molecule has 0 radical (unpaired) electrons. The lowest BCUT2D eigenvalue weighted by atomic mass is 9.79. The molecular formula is C76H83B2Br3Cl3F2IN14O4. The van der Waals surface area contributed by atoms with Crippen molar-refractivity contribution in [3.05, 3.63) is 219 Å². The predicted molar refractivity (Wildman–Crippen MR) is 434 cm³/mol. The maximum atomic E-state index is 14.0. The van der Waals surface area contributed by atoms with Crippen LogP contribution in [0.15, 0.2) is 166 Å². The highest BCUT2D eigenvalue weighted by Gasteiger charge is 2.52. The highest BCUT2D eigenvalue weighted by Crippen LogP contribution is 2.41. The molecule has 0 spiro atoms. The molecule has 0 unspecified atom stereocenters. The Balaban J connectivity index is 0.000000126. The fraction of sp³-hybridized carbons (Fsp3) is 0.382. The number of nitrogens with zero attached hydrogens (tertiary/aromatic N) is 14. The van der Waals surface area contributed by atoms with Gasteiger partial charge in [-0.05, 0) is 245 Å². The Morgan fingerprint density at radius 3 is 1.43 bits per heavy atom. The fourth-order valence-corrected chi connectivity index (χ4v) is 15.7. The highest BCUT2D eigenvalue weighted by atomic mass is 127. The third-order valence-electron chi connectivity index (χ3n) is 19.9. The van der Waals surface area contributed by atoms with Gasteiger partial charge in [-0.3, -0.25) is 0 Å². The van der Waals surface area contributed by atoms with Gasteiger partial charge in [-0.25, -0.2) is 51.3 Å². The normalized spacial score (nSPS) is 16.8. The number of hydrogen-bond donors (Lipinski definition) is 2. The second-order valence-corrected chi connectivity index (χ2v) is 32.2. The minimum absolute atomic E-state index is 0.0424. The van der Waals surface area contributed by atoms with Crippen LogP contribution in [-0.2, 0) is 9.31 Å². The van der Waals surface area contributed by atoms with Crippen LogP contribution in [0.3, 0.4) is 0 Å². The van der Waals surface area contributed by atoms with Crippen molar-refractivity contribution in [2.45, 2.75) is 186 Å². The predicted octanol–water partition coefficient (Wildman–Crippen LogP) is 20.7. The van der Waals surface area contributed by atoms with Crippen LogP contribution < -0.4 is 5.46 Å². The summed E-state index contributed by atoms with van der Waals surface area (Å²) in [6, 6.07) is 20.3. The van der Waals surface area contributed by atoms with Gasteiger partial charge in [0.05, 0.1) is 85.7 Å². The van der Waals surface area contributed by atoms with E-state index in [9.17, 15) is 8.78 Å². The Morgan fingerprint density at radius 1 is 0.514 bits per heavy atom. The van der Waals surface area contributed by atoms with Crippen LogP contribution in [0.25, 0.3) is 44.4 Å². The SMILES string of the molecule is Brc1ccn2ncc(C3=CCCC3)c2c1.Brc1ccn2ncc(C3CCCC3)c2c1.Brc1ccn2ncc(I)c2c1.CC.CC1(C)OB(c2ccn3ncc(C4CCCC4)c3c2)OC1(C)C.Fc1cnc(Cl)nc1-c1ccn2ncc(C3CCCC3)c2c1.Fc1cnc(Cl)nc1Cl.OB(O)C1=CCCC1. The summed E-state index contributed by atoms with van der Waals surface area (Å²) in [6.45, 7) is 12.4. The molecule has 105 heavy (non-hydrogen) atoms. The number of fused-ring (bicyclic) bond motifs is 5. The van der Waals surface area contributed by atoms with Gasteiger partial charge in [-0.2, -0.15) is 25.5 Å². The molecule has 18 nitrogen and oxygen atoms in total. The monoisotopic (exact) mass is 1780 g/mol. The lowest BCUT2D eigenvalue weighted by Crippen LogP contribution is -2.41. The number of aromatic nitrogens is 14. The summed E-state index contributed by atoms with van der Waals surface area (Å²) >= 11 is 28.9. The van der Waals surface area contributed by atoms with Crippen molar-refractivity contribution >= 4 is 158 Å². The lowest BCUT2D eigenvalue weighted by molar-refractivity contribution is 0.00578. The van der Waals surface area contributed by atoms with Gasteiger partial charge in [0.1, 0.15) is 5.69 Å². The number of hydrogen-bond acceptors (Lipinski definition) is 13. The molecule has 2 N–H and O–H groups in total. The van der Waals surface area contributed by atoms with Crippen molar-refractivity contribution < 1.29 is 28.1 Å². The van der Waals surface area contributed by atoms with E-state index in [1.165, 1.54) is 144 Å². The summed E-state index contributed by atoms with van der Waals surface area (Å²) in [7, 11) is -1.51. The summed E-state index contributed by atoms with van der Waals surface area (Å²) in [5.74, 6) is 0.793. The molecule has 1 aliphatic heterocycles. The van der Waals surface area contributed by atoms with Crippen molar-refractivity contribution in [3.63, 3.8) is 0 Å². The van der Waals surface area contributed by atoms with Gasteiger partial charge in [0.25, 0.3) is 0 Å². The number of halogens is 9. The van der Waals surface area contributed by atoms with E-state index < -0.39 is 18.8 Å². The van der Waals surface area contributed by atoms with Crippen LogP contribution in [0.5, 0.6) is 0 Å². The van der Waals surface area contributed by atoms with Crippen LogP contribution in [0, 0.1) is 15.2 Å². The van der Waals surface area contributed by atoms with Crippen LogP contribution >= 0.6 is 105 Å². The second-order valence-electron chi connectivity index (χ2n) is 27.2. The van der Waals surface area contributed by atoms with Gasteiger partial charge in [-0.15, -0.1) is 0 Å². The highest BCUT2D eigenvalue weighted by molar-refractivity contribution is 14.1. The summed E-state index contributed by atoms with van der Waals surface area (Å²) < 4.78 is 52.6. The molecule has 18 rings (SSSR count). The van der Waals surface area contributed by atoms with E-state index >= 15 is 0 Å². The minimum Gasteiger partial charge on any atom is -0.423 e. The van der Waals surface area contributed by atoms with Gasteiger partial charge in [0.2, 0.25) is 10.6 Å². The van der Waals surface area contributed by atoms with Gasteiger partial charge >= 0.3 is 14.2 Å². The van der Waals surface area contributed by atoms with E-state index in [1.54, 1.807) is 6.07 Å². The molecule has 0 aromatic carbocycles. The largest absolute Gasteiger partial charge is 0.494 e. The zero-order valence-corrected chi connectivity index (χ0v) is 68.5. The van der Waals surface area contributed by atoms with E-state index in [-0.39, 0.29) is 39.7 Å². The minimum atomic E-state index is -1.20.